The third-order valence-electron chi connectivity index (χ3n) is 3.22. The zero-order chi connectivity index (χ0) is 13.0. The molecule has 1 aromatic rings. The van der Waals surface area contributed by atoms with Gasteiger partial charge < -0.3 is 10.6 Å². The van der Waals surface area contributed by atoms with E-state index in [0.29, 0.717) is 18.9 Å². The van der Waals surface area contributed by atoms with Crippen LogP contribution in [0.3, 0.4) is 0 Å². The van der Waals surface area contributed by atoms with Crippen molar-refractivity contribution in [3.05, 3.63) is 23.3 Å². The number of aryl methyl sites for hydroxylation is 2. The molecule has 1 fully saturated rings. The van der Waals surface area contributed by atoms with Crippen LogP contribution < -0.4 is 10.6 Å². The fourth-order valence-corrected chi connectivity index (χ4v) is 2.27. The third kappa shape index (κ3) is 3.26. The van der Waals surface area contributed by atoms with Gasteiger partial charge in [-0.25, -0.2) is 9.97 Å². The Morgan fingerprint density at radius 2 is 2.39 bits per heavy atom. The molecule has 0 spiro atoms. The number of nitrogens with one attached hydrogen (secondary N) is 2. The second-order valence-corrected chi connectivity index (χ2v) is 4.65. The van der Waals surface area contributed by atoms with E-state index in [4.69, 9.17) is 0 Å². The van der Waals surface area contributed by atoms with Crippen molar-refractivity contribution in [2.75, 3.05) is 13.6 Å². The maximum Gasteiger partial charge on any atom is 0.220 e. The molecule has 2 rings (SSSR count). The zero-order valence-corrected chi connectivity index (χ0v) is 11.0. The van der Waals surface area contributed by atoms with Crippen LogP contribution in [0, 0.1) is 6.92 Å². The van der Waals surface area contributed by atoms with Crippen molar-refractivity contribution in [2.45, 2.75) is 38.6 Å². The molecule has 2 N–H and O–H groups in total. The normalized spacial score (nSPS) is 18.9. The molecular weight excluding hydrogens is 228 g/mol. The first-order valence-electron chi connectivity index (χ1n) is 6.47. The van der Waals surface area contributed by atoms with E-state index < -0.39 is 0 Å². The van der Waals surface area contributed by atoms with Gasteiger partial charge in [0, 0.05) is 25.2 Å². The van der Waals surface area contributed by atoms with E-state index >= 15 is 0 Å². The van der Waals surface area contributed by atoms with Gasteiger partial charge in [0.05, 0.1) is 5.69 Å². The molecule has 1 atom stereocenters. The number of nitrogens with zero attached hydrogens (tertiary/aromatic N) is 2. The van der Waals surface area contributed by atoms with Crippen LogP contribution in [-0.2, 0) is 11.2 Å². The highest BCUT2D eigenvalue weighted by molar-refractivity contribution is 5.75. The third-order valence-corrected chi connectivity index (χ3v) is 3.22. The minimum atomic E-state index is 0.0480. The van der Waals surface area contributed by atoms with Crippen molar-refractivity contribution < 1.29 is 4.79 Å². The Morgan fingerprint density at radius 3 is 3.06 bits per heavy atom. The van der Waals surface area contributed by atoms with E-state index in [1.54, 1.807) is 7.05 Å². The van der Waals surface area contributed by atoms with E-state index in [1.165, 1.54) is 6.42 Å². The van der Waals surface area contributed by atoms with Crippen molar-refractivity contribution >= 4 is 5.91 Å². The average Bonchev–Trinajstić information content (AvgIpc) is 2.89. The van der Waals surface area contributed by atoms with Crippen LogP contribution in [0.1, 0.15) is 42.5 Å². The summed E-state index contributed by atoms with van der Waals surface area (Å²) in [5.74, 6) is 0.833. The Morgan fingerprint density at radius 1 is 1.56 bits per heavy atom. The van der Waals surface area contributed by atoms with Crippen LogP contribution in [-0.4, -0.2) is 29.5 Å². The summed E-state index contributed by atoms with van der Waals surface area (Å²) < 4.78 is 0. The molecule has 1 amide bonds. The summed E-state index contributed by atoms with van der Waals surface area (Å²) in [6.45, 7) is 2.96. The zero-order valence-electron chi connectivity index (χ0n) is 11.0. The lowest BCUT2D eigenvalue weighted by molar-refractivity contribution is -0.120. The van der Waals surface area contributed by atoms with Gasteiger partial charge in [-0.1, -0.05) is 0 Å². The summed E-state index contributed by atoms with van der Waals surface area (Å²) in [5.41, 5.74) is 2.02. The molecule has 98 valence electrons. The molecule has 5 nitrogen and oxygen atoms in total. The quantitative estimate of drug-likeness (QED) is 0.830. The predicted octanol–water partition coefficient (Wildman–Crippen LogP) is 0.888. The van der Waals surface area contributed by atoms with Crippen molar-refractivity contribution in [3.8, 4) is 0 Å². The molecule has 18 heavy (non-hydrogen) atoms. The van der Waals surface area contributed by atoms with Crippen LogP contribution in [0.5, 0.6) is 0 Å². The van der Waals surface area contributed by atoms with E-state index in [-0.39, 0.29) is 5.91 Å². The number of aromatic nitrogens is 2. The summed E-state index contributed by atoms with van der Waals surface area (Å²) in [6.07, 6.45) is 3.47. The first kappa shape index (κ1) is 13.0. The first-order chi connectivity index (χ1) is 8.69. The number of rotatable bonds is 4. The van der Waals surface area contributed by atoms with Gasteiger partial charge in [0.1, 0.15) is 5.82 Å². The summed E-state index contributed by atoms with van der Waals surface area (Å²) in [5, 5.41) is 6.06. The Hall–Kier alpha value is -1.49. The molecule has 0 saturated carbocycles. The van der Waals surface area contributed by atoms with Crippen molar-refractivity contribution in [1.29, 1.82) is 0 Å². The Balaban J connectivity index is 2.08. The summed E-state index contributed by atoms with van der Waals surface area (Å²) >= 11 is 0. The minimum Gasteiger partial charge on any atom is -0.359 e. The molecule has 0 aromatic carbocycles. The Bertz CT molecular complexity index is 427. The van der Waals surface area contributed by atoms with E-state index in [1.807, 2.05) is 13.0 Å². The predicted molar refractivity (Wildman–Crippen MR) is 69.1 cm³/mol. The second-order valence-electron chi connectivity index (χ2n) is 4.65. The van der Waals surface area contributed by atoms with Gasteiger partial charge in [-0.3, -0.25) is 4.79 Å². The van der Waals surface area contributed by atoms with Gasteiger partial charge in [0.25, 0.3) is 0 Å². The lowest BCUT2D eigenvalue weighted by Crippen LogP contribution is -2.19. The molecule has 0 radical (unpaired) electrons. The van der Waals surface area contributed by atoms with Crippen LogP contribution in [0.25, 0.3) is 0 Å². The Labute approximate surface area is 107 Å². The molecule has 1 aliphatic rings. The SMILES string of the molecule is CNC(=O)CCc1cc([C@@H]2CCCN2)nc(C)n1. The van der Waals surface area contributed by atoms with Crippen LogP contribution >= 0.6 is 0 Å². The lowest BCUT2D eigenvalue weighted by Gasteiger charge is -2.11. The molecule has 1 aromatic heterocycles. The summed E-state index contributed by atoms with van der Waals surface area (Å²) in [4.78, 5) is 20.1. The molecule has 1 aliphatic heterocycles. The largest absolute Gasteiger partial charge is 0.359 e. The van der Waals surface area contributed by atoms with Gasteiger partial charge >= 0.3 is 0 Å². The molecule has 0 aliphatic carbocycles. The van der Waals surface area contributed by atoms with E-state index in [9.17, 15) is 4.79 Å². The number of carbonyl (C=O) groups excluding carboxylic acids is 1. The average molecular weight is 248 g/mol. The highest BCUT2D eigenvalue weighted by Gasteiger charge is 2.18. The van der Waals surface area contributed by atoms with Gasteiger partial charge in [0.15, 0.2) is 0 Å². The monoisotopic (exact) mass is 248 g/mol. The standard InChI is InChI=1S/C13H20N4O/c1-9-16-10(5-6-13(18)14-2)8-12(17-9)11-4-3-7-15-11/h8,11,15H,3-7H2,1-2H3,(H,14,18)/t11-/m0/s1. The topological polar surface area (TPSA) is 66.9 Å². The molecule has 0 unspecified atom stereocenters. The smallest absolute Gasteiger partial charge is 0.220 e. The summed E-state index contributed by atoms with van der Waals surface area (Å²) in [6, 6.07) is 2.38. The van der Waals surface area contributed by atoms with E-state index in [0.717, 1.165) is 30.2 Å². The fourth-order valence-electron chi connectivity index (χ4n) is 2.27. The van der Waals surface area contributed by atoms with Gasteiger partial charge in [0.2, 0.25) is 5.91 Å². The fraction of sp³-hybridized carbons (Fsp3) is 0.615. The minimum absolute atomic E-state index is 0.0480. The second kappa shape index (κ2) is 5.91. The van der Waals surface area contributed by atoms with Crippen molar-refractivity contribution in [3.63, 3.8) is 0 Å². The number of amides is 1. The van der Waals surface area contributed by atoms with Crippen LogP contribution in [0.4, 0.5) is 0 Å². The van der Waals surface area contributed by atoms with Crippen LogP contribution in [0.2, 0.25) is 0 Å². The van der Waals surface area contributed by atoms with Crippen molar-refractivity contribution in [1.82, 2.24) is 20.6 Å². The van der Waals surface area contributed by atoms with Gasteiger partial charge in [-0.05, 0) is 38.8 Å². The molecule has 5 heteroatoms. The molecular formula is C13H20N4O. The summed E-state index contributed by atoms with van der Waals surface area (Å²) in [7, 11) is 1.65. The molecule has 1 saturated heterocycles. The number of hydrogen-bond acceptors (Lipinski definition) is 4. The highest BCUT2D eigenvalue weighted by atomic mass is 16.1. The first-order valence-corrected chi connectivity index (χ1v) is 6.47. The lowest BCUT2D eigenvalue weighted by atomic mass is 10.1. The van der Waals surface area contributed by atoms with Crippen molar-refractivity contribution in [2.24, 2.45) is 0 Å². The van der Waals surface area contributed by atoms with Crippen LogP contribution in [0.15, 0.2) is 6.07 Å². The molecule has 0 bridgehead atoms. The van der Waals surface area contributed by atoms with Gasteiger partial charge in [-0.15, -0.1) is 0 Å². The maximum atomic E-state index is 11.2. The Kier molecular flexibility index (Phi) is 4.25. The maximum absolute atomic E-state index is 11.2. The van der Waals surface area contributed by atoms with E-state index in [2.05, 4.69) is 20.6 Å². The number of hydrogen-bond donors (Lipinski definition) is 2. The molecule has 2 heterocycles. The highest BCUT2D eigenvalue weighted by Crippen LogP contribution is 2.22. The number of carbonyl (C=O) groups is 1. The van der Waals surface area contributed by atoms with Gasteiger partial charge in [-0.2, -0.15) is 0 Å².